The highest BCUT2D eigenvalue weighted by molar-refractivity contribution is 9.28. The van der Waals surface area contributed by atoms with Crippen LogP contribution in [0.5, 0.6) is 0 Å². The second-order valence-electron chi connectivity index (χ2n) is 8.44. The van der Waals surface area contributed by atoms with Crippen LogP contribution in [0.25, 0.3) is 0 Å². The summed E-state index contributed by atoms with van der Waals surface area (Å²) in [6, 6.07) is 30.2. The van der Waals surface area contributed by atoms with E-state index in [0.717, 1.165) is 20.1 Å². The fourth-order valence-electron chi connectivity index (χ4n) is 4.14. The quantitative estimate of drug-likeness (QED) is 0.238. The number of methoxy groups -OCH3 is 1. The highest BCUT2D eigenvalue weighted by Crippen LogP contribution is 2.33. The average Bonchev–Trinajstić information content (AvgIpc) is 2.91. The van der Waals surface area contributed by atoms with Crippen molar-refractivity contribution in [2.24, 2.45) is 0 Å². The van der Waals surface area contributed by atoms with Crippen LogP contribution in [0.3, 0.4) is 0 Å². The SMILES string of the molecule is CO[C@@H]1O[C@H](C=C(Br)Br)[C@H](OCc2ccccc2)[C@H](OCc2ccccc2)[C@H]1OCc1ccccc1. The Balaban J connectivity index is 1.61. The molecule has 0 N–H and O–H groups in total. The van der Waals surface area contributed by atoms with Crippen LogP contribution in [0.2, 0.25) is 0 Å². The lowest BCUT2D eigenvalue weighted by molar-refractivity contribution is -0.309. The summed E-state index contributed by atoms with van der Waals surface area (Å²) < 4.78 is 32.3. The highest BCUT2D eigenvalue weighted by atomic mass is 79.9. The van der Waals surface area contributed by atoms with Gasteiger partial charge >= 0.3 is 0 Å². The van der Waals surface area contributed by atoms with Crippen LogP contribution < -0.4 is 0 Å². The molecule has 0 radical (unpaired) electrons. The molecule has 5 nitrogen and oxygen atoms in total. The van der Waals surface area contributed by atoms with Gasteiger partial charge in [0.25, 0.3) is 0 Å². The molecule has 36 heavy (non-hydrogen) atoms. The summed E-state index contributed by atoms with van der Waals surface area (Å²) in [4.78, 5) is 0. The molecule has 1 aliphatic heterocycles. The van der Waals surface area contributed by atoms with E-state index in [2.05, 4.69) is 31.9 Å². The molecular formula is C29H30Br2O5. The number of hydrogen-bond donors (Lipinski definition) is 0. The van der Waals surface area contributed by atoms with Gasteiger partial charge in [-0.25, -0.2) is 0 Å². The second-order valence-corrected chi connectivity index (χ2v) is 11.2. The van der Waals surface area contributed by atoms with Crippen LogP contribution in [0.4, 0.5) is 0 Å². The predicted molar refractivity (Wildman–Crippen MR) is 147 cm³/mol. The zero-order chi connectivity index (χ0) is 25.2. The van der Waals surface area contributed by atoms with Gasteiger partial charge in [-0.2, -0.15) is 0 Å². The van der Waals surface area contributed by atoms with Crippen LogP contribution in [0.1, 0.15) is 16.7 Å². The number of hydrogen-bond acceptors (Lipinski definition) is 5. The van der Waals surface area contributed by atoms with Crippen LogP contribution in [0, 0.1) is 0 Å². The van der Waals surface area contributed by atoms with E-state index in [1.165, 1.54) is 0 Å². The Morgan fingerprint density at radius 1 is 0.667 bits per heavy atom. The Hall–Kier alpha value is -1.84. The van der Waals surface area contributed by atoms with Crippen molar-refractivity contribution in [3.05, 3.63) is 117 Å². The summed E-state index contributed by atoms with van der Waals surface area (Å²) in [5, 5.41) is 0. The topological polar surface area (TPSA) is 46.2 Å². The predicted octanol–water partition coefficient (Wildman–Crippen LogP) is 6.75. The summed E-state index contributed by atoms with van der Waals surface area (Å²) in [5.74, 6) is 0. The molecule has 1 fully saturated rings. The minimum atomic E-state index is -0.647. The molecule has 0 amide bonds. The van der Waals surface area contributed by atoms with Gasteiger partial charge in [0, 0.05) is 7.11 Å². The molecular weight excluding hydrogens is 588 g/mol. The Morgan fingerprint density at radius 3 is 1.50 bits per heavy atom. The van der Waals surface area contributed by atoms with Crippen molar-refractivity contribution >= 4 is 31.9 Å². The van der Waals surface area contributed by atoms with E-state index in [-0.39, 0.29) is 0 Å². The molecule has 0 aliphatic carbocycles. The first-order valence-corrected chi connectivity index (χ1v) is 13.4. The minimum absolute atomic E-state index is 0.397. The maximum atomic E-state index is 6.55. The van der Waals surface area contributed by atoms with Crippen molar-refractivity contribution in [1.82, 2.24) is 0 Å². The average molecular weight is 618 g/mol. The zero-order valence-electron chi connectivity index (χ0n) is 20.0. The third kappa shape index (κ3) is 7.83. The van der Waals surface area contributed by atoms with E-state index in [0.29, 0.717) is 19.8 Å². The fraction of sp³-hybridized carbons (Fsp3) is 0.310. The summed E-state index contributed by atoms with van der Waals surface area (Å²) in [6.45, 7) is 1.21. The van der Waals surface area contributed by atoms with Crippen LogP contribution in [0.15, 0.2) is 100 Å². The van der Waals surface area contributed by atoms with Gasteiger partial charge in [0.15, 0.2) is 6.29 Å². The van der Waals surface area contributed by atoms with Gasteiger partial charge in [-0.3, -0.25) is 0 Å². The molecule has 0 aromatic heterocycles. The van der Waals surface area contributed by atoms with Crippen molar-refractivity contribution in [3.63, 3.8) is 0 Å². The van der Waals surface area contributed by atoms with Crippen LogP contribution in [-0.2, 0) is 43.5 Å². The van der Waals surface area contributed by atoms with E-state index in [9.17, 15) is 0 Å². The number of rotatable bonds is 11. The van der Waals surface area contributed by atoms with Gasteiger partial charge in [-0.15, -0.1) is 0 Å². The monoisotopic (exact) mass is 616 g/mol. The molecule has 0 saturated carbocycles. The van der Waals surface area contributed by atoms with Crippen molar-refractivity contribution in [2.45, 2.75) is 50.5 Å². The molecule has 190 valence electrons. The first-order valence-electron chi connectivity index (χ1n) is 11.8. The number of benzene rings is 3. The van der Waals surface area contributed by atoms with E-state index in [1.54, 1.807) is 7.11 Å². The Bertz CT molecular complexity index is 1060. The minimum Gasteiger partial charge on any atom is -0.368 e. The Labute approximate surface area is 229 Å². The molecule has 7 heteroatoms. The van der Waals surface area contributed by atoms with Gasteiger partial charge in [-0.05, 0) is 54.6 Å². The molecule has 0 bridgehead atoms. The zero-order valence-corrected chi connectivity index (χ0v) is 23.2. The third-order valence-electron chi connectivity index (χ3n) is 5.91. The normalized spacial score (nSPS) is 23.8. The van der Waals surface area contributed by atoms with E-state index in [1.807, 2.05) is 97.1 Å². The van der Waals surface area contributed by atoms with Gasteiger partial charge in [-0.1, -0.05) is 91.0 Å². The molecule has 1 heterocycles. The third-order valence-corrected chi connectivity index (χ3v) is 6.44. The van der Waals surface area contributed by atoms with E-state index < -0.39 is 30.7 Å². The molecule has 5 atom stereocenters. The largest absolute Gasteiger partial charge is 0.368 e. The van der Waals surface area contributed by atoms with E-state index >= 15 is 0 Å². The maximum absolute atomic E-state index is 6.55. The van der Waals surface area contributed by atoms with Gasteiger partial charge in [0.1, 0.15) is 24.4 Å². The smallest absolute Gasteiger partial charge is 0.186 e. The van der Waals surface area contributed by atoms with Crippen LogP contribution in [-0.4, -0.2) is 37.8 Å². The molecule has 0 unspecified atom stereocenters. The molecule has 1 aliphatic rings. The number of halogens is 2. The first-order chi connectivity index (χ1) is 17.6. The Kier molecular flexibility index (Phi) is 10.7. The van der Waals surface area contributed by atoms with Gasteiger partial charge in [0.2, 0.25) is 0 Å². The van der Waals surface area contributed by atoms with E-state index in [4.69, 9.17) is 23.7 Å². The summed E-state index contributed by atoms with van der Waals surface area (Å²) >= 11 is 6.95. The molecule has 1 saturated heterocycles. The van der Waals surface area contributed by atoms with Gasteiger partial charge < -0.3 is 23.7 Å². The second kappa shape index (κ2) is 14.2. The lowest BCUT2D eigenvalue weighted by Crippen LogP contribution is -2.60. The molecule has 0 spiro atoms. The van der Waals surface area contributed by atoms with Crippen molar-refractivity contribution in [1.29, 1.82) is 0 Å². The molecule has 3 aromatic carbocycles. The number of ether oxygens (including phenoxy) is 5. The first kappa shape index (κ1) is 27.2. The maximum Gasteiger partial charge on any atom is 0.186 e. The molecule has 4 rings (SSSR count). The van der Waals surface area contributed by atoms with Crippen LogP contribution >= 0.6 is 31.9 Å². The Morgan fingerprint density at radius 2 is 1.08 bits per heavy atom. The summed E-state index contributed by atoms with van der Waals surface area (Å²) in [6.07, 6.45) is -0.605. The van der Waals surface area contributed by atoms with Crippen molar-refractivity contribution in [3.8, 4) is 0 Å². The highest BCUT2D eigenvalue weighted by Gasteiger charge is 2.48. The lowest BCUT2D eigenvalue weighted by Gasteiger charge is -2.45. The van der Waals surface area contributed by atoms with Gasteiger partial charge in [0.05, 0.1) is 23.2 Å². The summed E-state index contributed by atoms with van der Waals surface area (Å²) in [5.41, 5.74) is 3.19. The molecule has 3 aromatic rings. The standard InChI is InChI=1S/C29H30Br2O5/c1-32-29-28(35-20-23-15-9-4-10-16-23)27(34-19-22-13-7-3-8-14-22)26(24(36-29)17-25(30)31)33-18-21-11-5-2-6-12-21/h2-17,24,26-29H,18-20H2,1H3/t24-,26+,27+,28-,29-/m1/s1. The fourth-order valence-corrected chi connectivity index (χ4v) is 4.66. The van der Waals surface area contributed by atoms with Crippen molar-refractivity contribution in [2.75, 3.05) is 7.11 Å². The summed E-state index contributed by atoms with van der Waals surface area (Å²) in [7, 11) is 1.62. The van der Waals surface area contributed by atoms with Crippen molar-refractivity contribution < 1.29 is 23.7 Å². The lowest BCUT2D eigenvalue weighted by atomic mass is 9.97.